The Morgan fingerprint density at radius 2 is 1.61 bits per heavy atom. The Morgan fingerprint density at radius 1 is 0.909 bits per heavy atom. The molecule has 8 nitrogen and oxygen atoms in total. The maximum absolute atomic E-state index is 13.0. The van der Waals surface area contributed by atoms with E-state index in [-0.39, 0.29) is 49.9 Å². The molecule has 0 fully saturated rings. The van der Waals surface area contributed by atoms with Crippen LogP contribution in [0.5, 0.6) is 5.75 Å². The van der Waals surface area contributed by atoms with Crippen molar-refractivity contribution in [1.82, 2.24) is 10.6 Å². The standard InChI is InChI=1S/C36H42N2O6/c39-25-32(23-28-16-18-33(19-17-28)44-26-29-12-6-2-7-13-29)38-34(40)24-30-14-8-3-9-15-31(22-27-10-4-1-5-11-27)36(42)43-21-20-37-35(30)41/h1-8,10-13,16-19,30-32,39H,9,14-15,20-26H2,(H,37,41)(H,38,40)/t30-,31-,32+/m1/s1. The molecule has 0 aliphatic carbocycles. The number of esters is 1. The number of amides is 2. The van der Waals surface area contributed by atoms with E-state index in [1.54, 1.807) is 0 Å². The number of hydrogen-bond donors (Lipinski definition) is 3. The van der Waals surface area contributed by atoms with E-state index in [0.29, 0.717) is 38.7 Å². The summed E-state index contributed by atoms with van der Waals surface area (Å²) >= 11 is 0. The summed E-state index contributed by atoms with van der Waals surface area (Å²) in [4.78, 5) is 38.6. The summed E-state index contributed by atoms with van der Waals surface area (Å²) in [6.07, 6.45) is 6.58. The monoisotopic (exact) mass is 598 g/mol. The van der Waals surface area contributed by atoms with E-state index in [1.165, 1.54) is 0 Å². The highest BCUT2D eigenvalue weighted by atomic mass is 16.5. The number of rotatable bonds is 11. The SMILES string of the molecule is O=C(C[C@H]1CC=CCC[C@H](Cc2ccccc2)C(=O)OCCNC1=O)N[C@H](CO)Cc1ccc(OCc2ccccc2)cc1. The first-order valence-corrected chi connectivity index (χ1v) is 15.3. The van der Waals surface area contributed by atoms with Gasteiger partial charge in [0.2, 0.25) is 11.8 Å². The highest BCUT2D eigenvalue weighted by Gasteiger charge is 2.24. The van der Waals surface area contributed by atoms with Gasteiger partial charge in [0.15, 0.2) is 0 Å². The van der Waals surface area contributed by atoms with Crippen molar-refractivity contribution in [3.63, 3.8) is 0 Å². The number of allylic oxidation sites excluding steroid dienone is 2. The lowest BCUT2D eigenvalue weighted by Crippen LogP contribution is -2.42. The van der Waals surface area contributed by atoms with Gasteiger partial charge in [-0.1, -0.05) is 84.9 Å². The first-order valence-electron chi connectivity index (χ1n) is 15.3. The molecule has 3 N–H and O–H groups in total. The van der Waals surface area contributed by atoms with Gasteiger partial charge in [-0.2, -0.15) is 0 Å². The second kappa shape index (κ2) is 17.6. The van der Waals surface area contributed by atoms with Gasteiger partial charge in [-0.25, -0.2) is 0 Å². The van der Waals surface area contributed by atoms with Gasteiger partial charge >= 0.3 is 5.97 Å². The molecule has 1 aliphatic rings. The van der Waals surface area contributed by atoms with Gasteiger partial charge in [0, 0.05) is 6.42 Å². The van der Waals surface area contributed by atoms with Crippen molar-refractivity contribution >= 4 is 17.8 Å². The molecule has 8 heteroatoms. The molecule has 3 aromatic rings. The number of cyclic esters (lactones) is 1. The number of ether oxygens (including phenoxy) is 2. The largest absolute Gasteiger partial charge is 0.489 e. The zero-order valence-electron chi connectivity index (χ0n) is 25.0. The number of aliphatic hydroxyl groups is 1. The van der Waals surface area contributed by atoms with Crippen LogP contribution in [-0.4, -0.2) is 48.7 Å². The van der Waals surface area contributed by atoms with Crippen molar-refractivity contribution in [1.29, 1.82) is 0 Å². The summed E-state index contributed by atoms with van der Waals surface area (Å²) in [5, 5.41) is 15.6. The van der Waals surface area contributed by atoms with Crippen LogP contribution >= 0.6 is 0 Å². The van der Waals surface area contributed by atoms with Crippen LogP contribution in [0.1, 0.15) is 42.4 Å². The number of carbonyl (C=O) groups excluding carboxylic acids is 3. The predicted octanol–water partition coefficient (Wildman–Crippen LogP) is 4.55. The molecule has 0 aromatic heterocycles. The zero-order valence-corrected chi connectivity index (χ0v) is 25.0. The van der Waals surface area contributed by atoms with Crippen molar-refractivity contribution in [2.45, 2.75) is 51.2 Å². The molecule has 232 valence electrons. The first-order chi connectivity index (χ1) is 21.5. The van der Waals surface area contributed by atoms with Gasteiger partial charge in [-0.15, -0.1) is 0 Å². The third kappa shape index (κ3) is 11.0. The maximum atomic E-state index is 13.0. The molecule has 0 radical (unpaired) electrons. The molecule has 44 heavy (non-hydrogen) atoms. The van der Waals surface area contributed by atoms with Crippen LogP contribution in [0.15, 0.2) is 97.1 Å². The summed E-state index contributed by atoms with van der Waals surface area (Å²) in [7, 11) is 0. The number of benzene rings is 3. The Kier molecular flexibility index (Phi) is 13.0. The van der Waals surface area contributed by atoms with E-state index in [4.69, 9.17) is 9.47 Å². The Bertz CT molecular complexity index is 1340. The minimum atomic E-state index is -0.580. The van der Waals surface area contributed by atoms with E-state index >= 15 is 0 Å². The molecule has 0 unspecified atom stereocenters. The van der Waals surface area contributed by atoms with E-state index in [9.17, 15) is 19.5 Å². The van der Waals surface area contributed by atoms with Crippen molar-refractivity contribution in [3.8, 4) is 5.75 Å². The van der Waals surface area contributed by atoms with Crippen LogP contribution in [0.2, 0.25) is 0 Å². The fourth-order valence-corrected chi connectivity index (χ4v) is 5.17. The second-order valence-corrected chi connectivity index (χ2v) is 11.1. The fourth-order valence-electron chi connectivity index (χ4n) is 5.17. The van der Waals surface area contributed by atoms with Crippen LogP contribution in [-0.2, 0) is 38.6 Å². The van der Waals surface area contributed by atoms with Gasteiger partial charge in [0.05, 0.1) is 31.0 Å². The minimum absolute atomic E-state index is 0.0185. The quantitative estimate of drug-likeness (QED) is 0.221. The summed E-state index contributed by atoms with van der Waals surface area (Å²) in [6, 6.07) is 26.9. The Hall–Kier alpha value is -4.43. The molecule has 4 rings (SSSR count). The molecule has 0 saturated carbocycles. The normalized spacial score (nSPS) is 18.5. The third-order valence-corrected chi connectivity index (χ3v) is 7.61. The average molecular weight is 599 g/mol. The van der Waals surface area contributed by atoms with E-state index in [1.807, 2.05) is 97.1 Å². The Balaban J connectivity index is 1.27. The lowest BCUT2D eigenvalue weighted by Gasteiger charge is -2.20. The Morgan fingerprint density at radius 3 is 2.32 bits per heavy atom. The van der Waals surface area contributed by atoms with Gasteiger partial charge < -0.3 is 25.2 Å². The van der Waals surface area contributed by atoms with E-state index < -0.39 is 12.0 Å². The van der Waals surface area contributed by atoms with Crippen molar-refractivity contribution in [2.24, 2.45) is 11.8 Å². The predicted molar refractivity (Wildman–Crippen MR) is 169 cm³/mol. The number of aliphatic hydroxyl groups excluding tert-OH is 1. The van der Waals surface area contributed by atoms with Crippen LogP contribution in [0.4, 0.5) is 0 Å². The lowest BCUT2D eigenvalue weighted by atomic mass is 9.94. The smallest absolute Gasteiger partial charge is 0.309 e. The average Bonchev–Trinajstić information content (AvgIpc) is 3.06. The molecular weight excluding hydrogens is 556 g/mol. The number of hydrogen-bond acceptors (Lipinski definition) is 6. The van der Waals surface area contributed by atoms with Crippen LogP contribution in [0.3, 0.4) is 0 Å². The van der Waals surface area contributed by atoms with Crippen molar-refractivity contribution in [3.05, 3.63) is 114 Å². The molecular formula is C36H42N2O6. The van der Waals surface area contributed by atoms with Crippen molar-refractivity contribution in [2.75, 3.05) is 19.8 Å². The van der Waals surface area contributed by atoms with E-state index in [2.05, 4.69) is 10.6 Å². The summed E-state index contributed by atoms with van der Waals surface area (Å²) in [5.41, 5.74) is 3.10. The first kappa shape index (κ1) is 32.5. The highest BCUT2D eigenvalue weighted by molar-refractivity contribution is 5.86. The second-order valence-electron chi connectivity index (χ2n) is 11.1. The molecule has 0 spiro atoms. The minimum Gasteiger partial charge on any atom is -0.489 e. The van der Waals surface area contributed by atoms with Gasteiger partial charge in [0.25, 0.3) is 0 Å². The molecule has 2 amide bonds. The molecule has 1 heterocycles. The van der Waals surface area contributed by atoms with Crippen LogP contribution in [0, 0.1) is 11.8 Å². The topological polar surface area (TPSA) is 114 Å². The number of nitrogens with one attached hydrogen (secondary N) is 2. The lowest BCUT2D eigenvalue weighted by molar-refractivity contribution is -0.149. The van der Waals surface area contributed by atoms with Gasteiger partial charge in [-0.05, 0) is 60.9 Å². The summed E-state index contributed by atoms with van der Waals surface area (Å²) < 4.78 is 11.3. The molecule has 3 atom stereocenters. The number of carbonyl (C=O) groups is 3. The highest BCUT2D eigenvalue weighted by Crippen LogP contribution is 2.19. The van der Waals surface area contributed by atoms with Crippen molar-refractivity contribution < 1.29 is 29.0 Å². The van der Waals surface area contributed by atoms with Gasteiger partial charge in [-0.3, -0.25) is 14.4 Å². The van der Waals surface area contributed by atoms with Gasteiger partial charge in [0.1, 0.15) is 19.0 Å². The summed E-state index contributed by atoms with van der Waals surface area (Å²) in [6.45, 7) is 0.489. The molecule has 3 aromatic carbocycles. The maximum Gasteiger partial charge on any atom is 0.309 e. The zero-order chi connectivity index (χ0) is 31.0. The molecule has 0 saturated heterocycles. The molecule has 1 aliphatic heterocycles. The third-order valence-electron chi connectivity index (χ3n) is 7.61. The van der Waals surface area contributed by atoms with E-state index in [0.717, 1.165) is 22.4 Å². The molecule has 0 bridgehead atoms. The fraction of sp³-hybridized carbons (Fsp3) is 0.361. The van der Waals surface area contributed by atoms with Crippen LogP contribution in [0.25, 0.3) is 0 Å². The Labute approximate surface area is 259 Å². The van der Waals surface area contributed by atoms with Crippen LogP contribution < -0.4 is 15.4 Å². The summed E-state index contributed by atoms with van der Waals surface area (Å²) in [5.74, 6) is -0.958.